The largest absolute Gasteiger partial charge is 0.355 e. The minimum atomic E-state index is -0.0312. The molecule has 0 bridgehead atoms. The van der Waals surface area contributed by atoms with Gasteiger partial charge in [0.15, 0.2) is 0 Å². The van der Waals surface area contributed by atoms with Crippen molar-refractivity contribution in [2.24, 2.45) is 5.92 Å². The van der Waals surface area contributed by atoms with Gasteiger partial charge in [-0.3, -0.25) is 4.79 Å². The SMILES string of the molecule is Cc1cccc(C(C)(C)CNC(=O)CCC2CCNC2)c1.Cl. The first-order valence-electron chi connectivity index (χ1n) is 8.02. The molecular weight excluding hydrogens is 296 g/mol. The first kappa shape index (κ1) is 19.0. The maximum absolute atomic E-state index is 12.0. The third-order valence-electron chi connectivity index (χ3n) is 4.47. The van der Waals surface area contributed by atoms with Gasteiger partial charge in [-0.25, -0.2) is 0 Å². The molecule has 3 nitrogen and oxygen atoms in total. The molecule has 1 fully saturated rings. The summed E-state index contributed by atoms with van der Waals surface area (Å²) in [6.45, 7) is 9.34. The summed E-state index contributed by atoms with van der Waals surface area (Å²) in [4.78, 5) is 12.0. The van der Waals surface area contributed by atoms with E-state index < -0.39 is 0 Å². The molecule has 124 valence electrons. The van der Waals surface area contributed by atoms with Crippen LogP contribution in [0.3, 0.4) is 0 Å². The number of aryl methyl sites for hydroxylation is 1. The average molecular weight is 325 g/mol. The van der Waals surface area contributed by atoms with E-state index in [0.717, 1.165) is 19.5 Å². The second-order valence-electron chi connectivity index (χ2n) is 6.93. The number of halogens is 1. The number of benzene rings is 1. The summed E-state index contributed by atoms with van der Waals surface area (Å²) >= 11 is 0. The van der Waals surface area contributed by atoms with Gasteiger partial charge < -0.3 is 10.6 Å². The quantitative estimate of drug-likeness (QED) is 0.843. The van der Waals surface area contributed by atoms with Gasteiger partial charge in [0.05, 0.1) is 0 Å². The highest BCUT2D eigenvalue weighted by Gasteiger charge is 2.22. The zero-order valence-corrected chi connectivity index (χ0v) is 14.8. The summed E-state index contributed by atoms with van der Waals surface area (Å²) in [5.74, 6) is 0.864. The van der Waals surface area contributed by atoms with Crippen molar-refractivity contribution in [3.63, 3.8) is 0 Å². The summed E-state index contributed by atoms with van der Waals surface area (Å²) in [6, 6.07) is 8.54. The van der Waals surface area contributed by atoms with Gasteiger partial charge in [-0.1, -0.05) is 43.7 Å². The van der Waals surface area contributed by atoms with E-state index >= 15 is 0 Å². The van der Waals surface area contributed by atoms with Crippen LogP contribution in [0.2, 0.25) is 0 Å². The lowest BCUT2D eigenvalue weighted by Crippen LogP contribution is -2.36. The number of carbonyl (C=O) groups is 1. The first-order valence-corrected chi connectivity index (χ1v) is 8.02. The molecule has 1 heterocycles. The van der Waals surface area contributed by atoms with E-state index in [9.17, 15) is 4.79 Å². The van der Waals surface area contributed by atoms with Crippen molar-refractivity contribution in [1.82, 2.24) is 10.6 Å². The fourth-order valence-corrected chi connectivity index (χ4v) is 2.87. The van der Waals surface area contributed by atoms with E-state index in [0.29, 0.717) is 18.9 Å². The van der Waals surface area contributed by atoms with E-state index in [-0.39, 0.29) is 23.7 Å². The third-order valence-corrected chi connectivity index (χ3v) is 4.47. The summed E-state index contributed by atoms with van der Waals surface area (Å²) in [6.07, 6.45) is 2.86. The topological polar surface area (TPSA) is 41.1 Å². The lowest BCUT2D eigenvalue weighted by Gasteiger charge is -2.26. The third kappa shape index (κ3) is 5.62. The Morgan fingerprint density at radius 1 is 1.41 bits per heavy atom. The molecule has 0 aromatic heterocycles. The number of hydrogen-bond acceptors (Lipinski definition) is 2. The van der Waals surface area contributed by atoms with E-state index in [1.807, 2.05) is 0 Å². The van der Waals surface area contributed by atoms with Gasteiger partial charge in [-0.2, -0.15) is 0 Å². The first-order chi connectivity index (χ1) is 9.97. The smallest absolute Gasteiger partial charge is 0.220 e. The second-order valence-corrected chi connectivity index (χ2v) is 6.93. The standard InChI is InChI=1S/C18H28N2O.ClH/c1-14-5-4-6-16(11-14)18(2,3)13-20-17(21)8-7-15-9-10-19-12-15;/h4-6,11,15,19H,7-10,12-13H2,1-3H3,(H,20,21);1H. The van der Waals surface area contributed by atoms with Crippen LogP contribution in [0.1, 0.15) is 44.2 Å². The Labute approximate surface area is 140 Å². The summed E-state index contributed by atoms with van der Waals surface area (Å²) < 4.78 is 0. The predicted molar refractivity (Wildman–Crippen MR) is 94.7 cm³/mol. The maximum Gasteiger partial charge on any atom is 0.220 e. The van der Waals surface area contributed by atoms with Gasteiger partial charge in [0.1, 0.15) is 0 Å². The summed E-state index contributed by atoms with van der Waals surface area (Å²) in [5.41, 5.74) is 2.51. The highest BCUT2D eigenvalue weighted by atomic mass is 35.5. The van der Waals surface area contributed by atoms with Crippen molar-refractivity contribution >= 4 is 18.3 Å². The van der Waals surface area contributed by atoms with E-state index in [1.165, 1.54) is 17.5 Å². The zero-order chi connectivity index (χ0) is 15.3. The van der Waals surface area contributed by atoms with Crippen LogP contribution < -0.4 is 10.6 Å². The fourth-order valence-electron chi connectivity index (χ4n) is 2.87. The van der Waals surface area contributed by atoms with Gasteiger partial charge in [0, 0.05) is 18.4 Å². The molecule has 1 amide bonds. The van der Waals surface area contributed by atoms with E-state index in [2.05, 4.69) is 55.7 Å². The Balaban J connectivity index is 0.00000242. The Morgan fingerprint density at radius 3 is 2.82 bits per heavy atom. The molecule has 1 saturated heterocycles. The van der Waals surface area contributed by atoms with Crippen LogP contribution in [0.4, 0.5) is 0 Å². The lowest BCUT2D eigenvalue weighted by atomic mass is 9.84. The van der Waals surface area contributed by atoms with Crippen molar-refractivity contribution in [1.29, 1.82) is 0 Å². The van der Waals surface area contributed by atoms with Crippen molar-refractivity contribution < 1.29 is 4.79 Å². The fraction of sp³-hybridized carbons (Fsp3) is 0.611. The zero-order valence-electron chi connectivity index (χ0n) is 13.9. The average Bonchev–Trinajstić information content (AvgIpc) is 2.96. The molecule has 1 aromatic carbocycles. The second kappa shape index (κ2) is 8.54. The van der Waals surface area contributed by atoms with Gasteiger partial charge in [-0.05, 0) is 44.3 Å². The molecule has 0 saturated carbocycles. The molecule has 0 radical (unpaired) electrons. The van der Waals surface area contributed by atoms with Gasteiger partial charge in [0.2, 0.25) is 5.91 Å². The van der Waals surface area contributed by atoms with Crippen LogP contribution in [-0.4, -0.2) is 25.5 Å². The van der Waals surface area contributed by atoms with Crippen LogP contribution in [0.5, 0.6) is 0 Å². The molecule has 0 aliphatic carbocycles. The molecule has 1 atom stereocenters. The van der Waals surface area contributed by atoms with E-state index in [4.69, 9.17) is 0 Å². The number of rotatable bonds is 6. The number of hydrogen-bond donors (Lipinski definition) is 2. The van der Waals surface area contributed by atoms with Crippen LogP contribution in [0.15, 0.2) is 24.3 Å². The van der Waals surface area contributed by atoms with Crippen LogP contribution in [-0.2, 0) is 10.2 Å². The van der Waals surface area contributed by atoms with Crippen molar-refractivity contribution in [3.05, 3.63) is 35.4 Å². The molecule has 1 aliphatic rings. The van der Waals surface area contributed by atoms with Crippen LogP contribution >= 0.6 is 12.4 Å². The maximum atomic E-state index is 12.0. The Hall–Kier alpha value is -1.06. The van der Waals surface area contributed by atoms with Crippen LogP contribution in [0, 0.1) is 12.8 Å². The summed E-state index contributed by atoms with van der Waals surface area (Å²) in [5, 5.41) is 6.45. The molecule has 1 aliphatic heterocycles. The Kier molecular flexibility index (Phi) is 7.37. The molecular formula is C18H29ClN2O. The molecule has 2 N–H and O–H groups in total. The number of carbonyl (C=O) groups excluding carboxylic acids is 1. The normalized spacial score (nSPS) is 17.9. The molecule has 0 spiro atoms. The van der Waals surface area contributed by atoms with Gasteiger partial charge in [-0.15, -0.1) is 12.4 Å². The highest BCUT2D eigenvalue weighted by molar-refractivity contribution is 5.85. The molecule has 1 unspecified atom stereocenters. The molecule has 4 heteroatoms. The molecule has 1 aromatic rings. The summed E-state index contributed by atoms with van der Waals surface area (Å²) in [7, 11) is 0. The Bertz CT molecular complexity index is 482. The van der Waals surface area contributed by atoms with E-state index in [1.54, 1.807) is 0 Å². The molecule has 2 rings (SSSR count). The van der Waals surface area contributed by atoms with Crippen molar-refractivity contribution in [2.75, 3.05) is 19.6 Å². The number of nitrogens with one attached hydrogen (secondary N) is 2. The monoisotopic (exact) mass is 324 g/mol. The van der Waals surface area contributed by atoms with Crippen molar-refractivity contribution in [2.45, 2.75) is 45.4 Å². The minimum absolute atomic E-state index is 0. The Morgan fingerprint density at radius 2 is 2.18 bits per heavy atom. The number of amides is 1. The van der Waals surface area contributed by atoms with Gasteiger partial charge >= 0.3 is 0 Å². The minimum Gasteiger partial charge on any atom is -0.355 e. The van der Waals surface area contributed by atoms with Gasteiger partial charge in [0.25, 0.3) is 0 Å². The lowest BCUT2D eigenvalue weighted by molar-refractivity contribution is -0.121. The van der Waals surface area contributed by atoms with Crippen molar-refractivity contribution in [3.8, 4) is 0 Å². The highest BCUT2D eigenvalue weighted by Crippen LogP contribution is 2.23. The molecule has 22 heavy (non-hydrogen) atoms. The predicted octanol–water partition coefficient (Wildman–Crippen LogP) is 3.20. The van der Waals surface area contributed by atoms with Crippen LogP contribution in [0.25, 0.3) is 0 Å².